The Morgan fingerprint density at radius 2 is 2.17 bits per heavy atom. The van der Waals surface area contributed by atoms with Crippen LogP contribution in [0.4, 0.5) is 4.39 Å². The molecule has 0 amide bonds. The fourth-order valence-corrected chi connectivity index (χ4v) is 3.61. The molecule has 0 bridgehead atoms. The Kier molecular flexibility index (Phi) is 3.12. The molecule has 0 unspecified atom stereocenters. The van der Waals surface area contributed by atoms with Crippen molar-refractivity contribution in [2.45, 2.75) is 45.2 Å². The second-order valence-corrected chi connectivity index (χ2v) is 6.53. The minimum atomic E-state index is -0.120. The molecular weight excluding hydrogens is 245 g/mol. The third kappa shape index (κ3) is 2.29. The molecule has 0 radical (unpaired) electrons. The number of hydrogen-bond donors (Lipinski definition) is 1. The van der Waals surface area contributed by atoms with Gasteiger partial charge in [-0.2, -0.15) is 0 Å². The van der Waals surface area contributed by atoms with E-state index in [1.165, 1.54) is 28.0 Å². The highest BCUT2D eigenvalue weighted by molar-refractivity contribution is 7.19. The van der Waals surface area contributed by atoms with Crippen molar-refractivity contribution >= 4 is 21.4 Å². The zero-order valence-corrected chi connectivity index (χ0v) is 11.6. The average molecular weight is 263 g/mol. The Labute approximate surface area is 111 Å². The average Bonchev–Trinajstić information content (AvgIpc) is 3.08. The summed E-state index contributed by atoms with van der Waals surface area (Å²) in [5.74, 6) is 0.551. The van der Waals surface area contributed by atoms with E-state index in [2.05, 4.69) is 19.2 Å². The van der Waals surface area contributed by atoms with Gasteiger partial charge in [0.1, 0.15) is 5.82 Å². The Hall–Kier alpha value is -0.930. The SMILES string of the molecule is CC(C)NCc1sc2ccc(F)cc2c1C1CC1. The summed E-state index contributed by atoms with van der Waals surface area (Å²) in [7, 11) is 0. The molecule has 18 heavy (non-hydrogen) atoms. The van der Waals surface area contributed by atoms with E-state index >= 15 is 0 Å². The van der Waals surface area contributed by atoms with Gasteiger partial charge in [0.2, 0.25) is 0 Å². The number of benzene rings is 1. The van der Waals surface area contributed by atoms with Crippen molar-refractivity contribution in [1.82, 2.24) is 5.32 Å². The van der Waals surface area contributed by atoms with Gasteiger partial charge >= 0.3 is 0 Å². The van der Waals surface area contributed by atoms with Gasteiger partial charge in [0.05, 0.1) is 0 Å². The van der Waals surface area contributed by atoms with Gasteiger partial charge in [-0.05, 0) is 47.9 Å². The highest BCUT2D eigenvalue weighted by atomic mass is 32.1. The van der Waals surface area contributed by atoms with E-state index in [4.69, 9.17) is 0 Å². The molecule has 3 heteroatoms. The molecule has 1 aromatic heterocycles. The van der Waals surface area contributed by atoms with Crippen LogP contribution in [0.25, 0.3) is 10.1 Å². The lowest BCUT2D eigenvalue weighted by atomic mass is 10.1. The lowest BCUT2D eigenvalue weighted by molar-refractivity contribution is 0.591. The van der Waals surface area contributed by atoms with E-state index in [0.717, 1.165) is 11.9 Å². The van der Waals surface area contributed by atoms with Gasteiger partial charge in [-0.3, -0.25) is 0 Å². The Balaban J connectivity index is 2.04. The summed E-state index contributed by atoms with van der Waals surface area (Å²) in [5, 5.41) is 4.62. The molecule has 0 atom stereocenters. The molecule has 1 nitrogen and oxygen atoms in total. The van der Waals surface area contributed by atoms with Gasteiger partial charge in [0.15, 0.2) is 0 Å². The molecule has 1 aliphatic rings. The number of rotatable bonds is 4. The number of thiophene rings is 1. The molecule has 1 heterocycles. The van der Waals surface area contributed by atoms with Gasteiger partial charge in [0.25, 0.3) is 0 Å². The molecule has 96 valence electrons. The second-order valence-electron chi connectivity index (χ2n) is 5.39. The lowest BCUT2D eigenvalue weighted by Gasteiger charge is -2.08. The largest absolute Gasteiger partial charge is 0.310 e. The van der Waals surface area contributed by atoms with E-state index in [1.54, 1.807) is 12.1 Å². The van der Waals surface area contributed by atoms with Crippen molar-refractivity contribution in [2.75, 3.05) is 0 Å². The molecule has 3 rings (SSSR count). The van der Waals surface area contributed by atoms with Crippen molar-refractivity contribution in [2.24, 2.45) is 0 Å². The highest BCUT2D eigenvalue weighted by Gasteiger charge is 2.29. The summed E-state index contributed by atoms with van der Waals surface area (Å²) in [6.07, 6.45) is 2.52. The van der Waals surface area contributed by atoms with Gasteiger partial charge in [-0.1, -0.05) is 13.8 Å². The van der Waals surface area contributed by atoms with Crippen LogP contribution in [0.3, 0.4) is 0 Å². The van der Waals surface area contributed by atoms with Crippen molar-refractivity contribution in [3.05, 3.63) is 34.5 Å². The molecule has 1 aromatic carbocycles. The van der Waals surface area contributed by atoms with Crippen LogP contribution in [0, 0.1) is 5.82 Å². The lowest BCUT2D eigenvalue weighted by Crippen LogP contribution is -2.21. The summed E-state index contributed by atoms with van der Waals surface area (Å²) >= 11 is 1.81. The van der Waals surface area contributed by atoms with Crippen molar-refractivity contribution < 1.29 is 4.39 Å². The van der Waals surface area contributed by atoms with Gasteiger partial charge in [-0.25, -0.2) is 4.39 Å². The first-order valence-electron chi connectivity index (χ1n) is 6.59. The summed E-state index contributed by atoms with van der Waals surface area (Å²) in [6, 6.07) is 5.67. The predicted molar refractivity (Wildman–Crippen MR) is 75.7 cm³/mol. The Morgan fingerprint density at radius 1 is 1.39 bits per heavy atom. The minimum absolute atomic E-state index is 0.120. The normalized spacial score (nSPS) is 15.8. The number of hydrogen-bond acceptors (Lipinski definition) is 2. The standard InChI is InChI=1S/C15H18FNS/c1-9(2)17-8-14-15(10-3-4-10)12-7-11(16)5-6-13(12)18-14/h5-7,9-10,17H,3-4,8H2,1-2H3. The third-order valence-electron chi connectivity index (χ3n) is 3.42. The van der Waals surface area contributed by atoms with E-state index < -0.39 is 0 Å². The molecule has 2 aromatic rings. The first-order chi connectivity index (χ1) is 8.65. The highest BCUT2D eigenvalue weighted by Crippen LogP contribution is 2.48. The van der Waals surface area contributed by atoms with Crippen LogP contribution in [-0.2, 0) is 6.54 Å². The van der Waals surface area contributed by atoms with E-state index in [1.807, 2.05) is 17.4 Å². The quantitative estimate of drug-likeness (QED) is 0.861. The molecule has 1 N–H and O–H groups in total. The topological polar surface area (TPSA) is 12.0 Å². The summed E-state index contributed by atoms with van der Waals surface area (Å²) < 4.78 is 14.6. The zero-order valence-electron chi connectivity index (χ0n) is 10.8. The van der Waals surface area contributed by atoms with E-state index in [9.17, 15) is 4.39 Å². The molecule has 1 fully saturated rings. The number of fused-ring (bicyclic) bond motifs is 1. The molecule has 0 saturated heterocycles. The first kappa shape index (κ1) is 12.1. The number of halogens is 1. The Morgan fingerprint density at radius 3 is 2.83 bits per heavy atom. The minimum Gasteiger partial charge on any atom is -0.310 e. The van der Waals surface area contributed by atoms with Crippen molar-refractivity contribution in [1.29, 1.82) is 0 Å². The maximum absolute atomic E-state index is 13.4. The second kappa shape index (κ2) is 4.63. The van der Waals surface area contributed by atoms with Gasteiger partial charge in [0, 0.05) is 22.2 Å². The van der Waals surface area contributed by atoms with Crippen molar-refractivity contribution in [3.63, 3.8) is 0 Å². The van der Waals surface area contributed by atoms with Crippen LogP contribution >= 0.6 is 11.3 Å². The molecule has 1 aliphatic carbocycles. The molecule has 1 saturated carbocycles. The van der Waals surface area contributed by atoms with Crippen LogP contribution in [0.2, 0.25) is 0 Å². The monoisotopic (exact) mass is 263 g/mol. The summed E-state index contributed by atoms with van der Waals surface area (Å²) in [6.45, 7) is 5.22. The van der Waals surface area contributed by atoms with Gasteiger partial charge in [-0.15, -0.1) is 11.3 Å². The summed E-state index contributed by atoms with van der Waals surface area (Å²) in [4.78, 5) is 1.40. The fourth-order valence-electron chi connectivity index (χ4n) is 2.39. The van der Waals surface area contributed by atoms with Crippen LogP contribution in [0.15, 0.2) is 18.2 Å². The fraction of sp³-hybridized carbons (Fsp3) is 0.467. The van der Waals surface area contributed by atoms with E-state index in [-0.39, 0.29) is 5.82 Å². The van der Waals surface area contributed by atoms with Gasteiger partial charge < -0.3 is 5.32 Å². The third-order valence-corrected chi connectivity index (χ3v) is 4.61. The first-order valence-corrected chi connectivity index (χ1v) is 7.41. The van der Waals surface area contributed by atoms with Crippen LogP contribution < -0.4 is 5.32 Å². The molecule has 0 aliphatic heterocycles. The molecule has 0 spiro atoms. The number of nitrogens with one attached hydrogen (secondary N) is 1. The maximum atomic E-state index is 13.4. The Bertz CT molecular complexity index is 569. The smallest absolute Gasteiger partial charge is 0.123 e. The molecular formula is C15H18FNS. The van der Waals surface area contributed by atoms with Crippen LogP contribution in [0.1, 0.15) is 43.0 Å². The van der Waals surface area contributed by atoms with E-state index in [0.29, 0.717) is 12.0 Å². The van der Waals surface area contributed by atoms with Crippen LogP contribution in [0.5, 0.6) is 0 Å². The van der Waals surface area contributed by atoms with Crippen LogP contribution in [-0.4, -0.2) is 6.04 Å². The predicted octanol–water partition coefficient (Wildman–Crippen LogP) is 4.42. The van der Waals surface area contributed by atoms with Crippen molar-refractivity contribution in [3.8, 4) is 0 Å². The maximum Gasteiger partial charge on any atom is 0.123 e. The summed E-state index contributed by atoms with van der Waals surface area (Å²) in [5.41, 5.74) is 1.41. The zero-order chi connectivity index (χ0) is 12.7.